The zero-order chi connectivity index (χ0) is 19.5. The van der Waals surface area contributed by atoms with E-state index >= 15 is 0 Å². The third kappa shape index (κ3) is 18.5. The first kappa shape index (κ1) is 25.7. The second-order valence-electron chi connectivity index (χ2n) is 9.24. The third-order valence-electron chi connectivity index (χ3n) is 5.71. The van der Waals surface area contributed by atoms with E-state index in [-0.39, 0.29) is 0 Å². The average Bonchev–Trinajstić information content (AvgIpc) is 2.59. The fourth-order valence-corrected chi connectivity index (χ4v) is 4.20. The molecule has 0 heteroatoms. The first-order valence-corrected chi connectivity index (χ1v) is 12.3. The molecule has 26 heavy (non-hydrogen) atoms. The van der Waals surface area contributed by atoms with Gasteiger partial charge >= 0.3 is 0 Å². The normalized spacial score (nSPS) is 11.6. The molecular weight excluding hydrogens is 312 g/mol. The number of allylic oxidation sites excluding steroid dienone is 1. The van der Waals surface area contributed by atoms with Gasteiger partial charge < -0.3 is 0 Å². The Morgan fingerprint density at radius 2 is 0.962 bits per heavy atom. The summed E-state index contributed by atoms with van der Waals surface area (Å²) in [6.07, 6.45) is 25.5. The molecule has 0 saturated heterocycles. The maximum atomic E-state index is 4.39. The van der Waals surface area contributed by atoms with Crippen molar-refractivity contribution in [2.45, 2.75) is 143 Å². The molecule has 0 aromatic carbocycles. The van der Waals surface area contributed by atoms with Gasteiger partial charge in [-0.15, -0.1) is 0 Å². The lowest BCUT2D eigenvalue weighted by Gasteiger charge is -2.19. The number of rotatable bonds is 20. The summed E-state index contributed by atoms with van der Waals surface area (Å²) in [5.74, 6) is 1.67. The van der Waals surface area contributed by atoms with Gasteiger partial charge in [0.15, 0.2) is 0 Å². The molecule has 0 amide bonds. The highest BCUT2D eigenvalue weighted by molar-refractivity contribution is 4.96. The van der Waals surface area contributed by atoms with E-state index in [0.717, 1.165) is 11.8 Å². The molecule has 0 aliphatic heterocycles. The molecule has 0 rings (SSSR count). The molecule has 0 radical (unpaired) electrons. The van der Waals surface area contributed by atoms with Gasteiger partial charge in [0, 0.05) is 0 Å². The average molecular weight is 365 g/mol. The number of unbranched alkanes of at least 4 members (excludes halogenated alkanes) is 12. The summed E-state index contributed by atoms with van der Waals surface area (Å²) >= 11 is 0. The molecule has 0 aliphatic carbocycles. The molecule has 0 N–H and O–H groups in total. The number of hydrogen-bond donors (Lipinski definition) is 0. The Kier molecular flexibility index (Phi) is 19.3. The second kappa shape index (κ2) is 19.5. The van der Waals surface area contributed by atoms with E-state index < -0.39 is 0 Å². The quantitative estimate of drug-likeness (QED) is 0.149. The van der Waals surface area contributed by atoms with Crippen molar-refractivity contribution in [3.63, 3.8) is 0 Å². The van der Waals surface area contributed by atoms with Gasteiger partial charge in [-0.2, -0.15) is 0 Å². The van der Waals surface area contributed by atoms with Crippen molar-refractivity contribution in [3.8, 4) is 0 Å². The molecule has 156 valence electrons. The van der Waals surface area contributed by atoms with Gasteiger partial charge in [-0.05, 0) is 24.7 Å². The highest BCUT2D eigenvalue weighted by Gasteiger charge is 2.11. The van der Waals surface area contributed by atoms with Gasteiger partial charge in [-0.25, -0.2) is 0 Å². The van der Waals surface area contributed by atoms with E-state index in [2.05, 4.69) is 34.3 Å². The minimum atomic E-state index is 0.764. The van der Waals surface area contributed by atoms with Crippen molar-refractivity contribution in [2.75, 3.05) is 0 Å². The van der Waals surface area contributed by atoms with E-state index in [1.165, 1.54) is 121 Å². The standard InChI is InChI=1S/C26H52/c1-6-8-10-12-14-16-18-20-26(23-25(5)22-24(3)4)21-19-17-15-13-11-9-7-2/h24,26H,5-23H2,1-4H3. The van der Waals surface area contributed by atoms with Crippen LogP contribution in [0.25, 0.3) is 0 Å². The van der Waals surface area contributed by atoms with E-state index in [0.29, 0.717) is 0 Å². The Morgan fingerprint density at radius 1 is 0.577 bits per heavy atom. The summed E-state index contributed by atoms with van der Waals surface area (Å²) in [7, 11) is 0. The molecule has 0 aromatic heterocycles. The van der Waals surface area contributed by atoms with Gasteiger partial charge in [-0.1, -0.05) is 143 Å². The lowest BCUT2D eigenvalue weighted by Crippen LogP contribution is -2.04. The van der Waals surface area contributed by atoms with Crippen molar-refractivity contribution < 1.29 is 0 Å². The van der Waals surface area contributed by atoms with Crippen LogP contribution in [0, 0.1) is 11.8 Å². The lowest BCUT2D eigenvalue weighted by molar-refractivity contribution is 0.393. The van der Waals surface area contributed by atoms with Crippen LogP contribution in [0.4, 0.5) is 0 Å². The van der Waals surface area contributed by atoms with Gasteiger partial charge in [0.25, 0.3) is 0 Å². The highest BCUT2D eigenvalue weighted by atomic mass is 14.2. The Morgan fingerprint density at radius 3 is 1.35 bits per heavy atom. The molecular formula is C26H52. The molecule has 0 bridgehead atoms. The van der Waals surface area contributed by atoms with E-state index in [9.17, 15) is 0 Å². The minimum Gasteiger partial charge on any atom is -0.0998 e. The summed E-state index contributed by atoms with van der Waals surface area (Å²) in [5, 5.41) is 0. The molecule has 0 fully saturated rings. The number of hydrogen-bond acceptors (Lipinski definition) is 0. The van der Waals surface area contributed by atoms with Gasteiger partial charge in [-0.3, -0.25) is 0 Å². The first-order valence-electron chi connectivity index (χ1n) is 12.3. The fraction of sp³-hybridized carbons (Fsp3) is 0.923. The molecule has 0 heterocycles. The van der Waals surface area contributed by atoms with Crippen molar-refractivity contribution in [1.82, 2.24) is 0 Å². The van der Waals surface area contributed by atoms with E-state index in [1.54, 1.807) is 0 Å². The van der Waals surface area contributed by atoms with Gasteiger partial charge in [0.1, 0.15) is 0 Å². The molecule has 0 saturated carbocycles. The maximum absolute atomic E-state index is 4.39. The first-order chi connectivity index (χ1) is 12.6. The molecule has 0 unspecified atom stereocenters. The predicted octanol–water partition coefficient (Wildman–Crippen LogP) is 9.88. The van der Waals surface area contributed by atoms with Crippen molar-refractivity contribution in [2.24, 2.45) is 11.8 Å². The van der Waals surface area contributed by atoms with Crippen molar-refractivity contribution >= 4 is 0 Å². The summed E-state index contributed by atoms with van der Waals surface area (Å²) in [6.45, 7) is 13.7. The zero-order valence-electron chi connectivity index (χ0n) is 19.1. The zero-order valence-corrected chi connectivity index (χ0v) is 19.1. The van der Waals surface area contributed by atoms with Crippen LogP contribution < -0.4 is 0 Å². The SMILES string of the molecule is C=C(CC(C)C)CC(CCCCCCCCC)CCCCCCCCC. The second-order valence-corrected chi connectivity index (χ2v) is 9.24. The van der Waals surface area contributed by atoms with Crippen LogP contribution in [-0.4, -0.2) is 0 Å². The van der Waals surface area contributed by atoms with E-state index in [4.69, 9.17) is 0 Å². The van der Waals surface area contributed by atoms with Crippen molar-refractivity contribution in [1.29, 1.82) is 0 Å². The molecule has 0 aromatic rings. The summed E-state index contributed by atoms with van der Waals surface area (Å²) in [4.78, 5) is 0. The largest absolute Gasteiger partial charge is 0.0998 e. The Hall–Kier alpha value is -0.260. The van der Waals surface area contributed by atoms with Crippen LogP contribution in [0.3, 0.4) is 0 Å². The van der Waals surface area contributed by atoms with Gasteiger partial charge in [0.2, 0.25) is 0 Å². The molecule has 0 spiro atoms. The monoisotopic (exact) mass is 364 g/mol. The highest BCUT2D eigenvalue weighted by Crippen LogP contribution is 2.27. The van der Waals surface area contributed by atoms with Crippen LogP contribution >= 0.6 is 0 Å². The van der Waals surface area contributed by atoms with Crippen LogP contribution in [0.5, 0.6) is 0 Å². The summed E-state index contributed by atoms with van der Waals surface area (Å²) in [5.41, 5.74) is 1.51. The summed E-state index contributed by atoms with van der Waals surface area (Å²) in [6, 6.07) is 0. The van der Waals surface area contributed by atoms with Crippen LogP contribution in [0.2, 0.25) is 0 Å². The Bertz CT molecular complexity index is 270. The summed E-state index contributed by atoms with van der Waals surface area (Å²) < 4.78 is 0. The van der Waals surface area contributed by atoms with Crippen LogP contribution in [0.15, 0.2) is 12.2 Å². The molecule has 0 nitrogen and oxygen atoms in total. The fourth-order valence-electron chi connectivity index (χ4n) is 4.20. The third-order valence-corrected chi connectivity index (χ3v) is 5.71. The molecule has 0 aliphatic rings. The predicted molar refractivity (Wildman–Crippen MR) is 122 cm³/mol. The lowest BCUT2D eigenvalue weighted by atomic mass is 9.87. The van der Waals surface area contributed by atoms with E-state index in [1.807, 2.05) is 0 Å². The van der Waals surface area contributed by atoms with Gasteiger partial charge in [0.05, 0.1) is 0 Å². The van der Waals surface area contributed by atoms with Crippen LogP contribution in [-0.2, 0) is 0 Å². The maximum Gasteiger partial charge on any atom is -0.0294 e. The molecule has 0 atom stereocenters. The minimum absolute atomic E-state index is 0.764. The van der Waals surface area contributed by atoms with Crippen LogP contribution in [0.1, 0.15) is 143 Å². The Balaban J connectivity index is 3.95. The van der Waals surface area contributed by atoms with Crippen molar-refractivity contribution in [3.05, 3.63) is 12.2 Å². The Labute approximate surface area is 167 Å². The smallest absolute Gasteiger partial charge is 0.0294 e. The topological polar surface area (TPSA) is 0 Å².